The minimum atomic E-state index is -5.62. The molecule has 0 aromatic rings. The minimum Gasteiger partial charge on any atom is -0.809 e. The molecule has 0 radical (unpaired) electrons. The molecule has 0 saturated heterocycles. The molecule has 4 atom stereocenters. The van der Waals surface area contributed by atoms with E-state index in [1.165, 1.54) is 0 Å². The molecule has 0 aliphatic heterocycles. The first kappa shape index (κ1) is 29.5. The van der Waals surface area contributed by atoms with Crippen LogP contribution in [0.5, 0.6) is 0 Å². The molecule has 0 amide bonds. The smallest absolute Gasteiger partial charge is 0.189 e. The first-order valence-electron chi connectivity index (χ1n) is 4.05. The van der Waals surface area contributed by atoms with E-state index in [-0.39, 0.29) is 21.1 Å². The topological polar surface area (TPSA) is 266 Å². The zero-order chi connectivity index (χ0) is 18.6. The molecular weight excluding hydrogens is 627 g/mol. The van der Waals surface area contributed by atoms with E-state index in [2.05, 4.69) is 31.9 Å². The van der Waals surface area contributed by atoms with E-state index in [1.54, 1.807) is 0 Å². The van der Waals surface area contributed by atoms with Crippen molar-refractivity contribution < 1.29 is 87.1 Å². The Morgan fingerprint density at radius 1 is 0.696 bits per heavy atom. The second-order valence-corrected chi connectivity index (χ2v) is 11.2. The van der Waals surface area contributed by atoms with Crippen LogP contribution in [0.1, 0.15) is 0 Å². The number of hydrogen-bond acceptors (Lipinski definition) is 14. The summed E-state index contributed by atoms with van der Waals surface area (Å²) < 4.78 is 46.2. The van der Waals surface area contributed by atoms with E-state index in [9.17, 15) is 47.6 Å². The van der Waals surface area contributed by atoms with Gasteiger partial charge in [0.2, 0.25) is 0 Å². The molecule has 2 N–H and O–H groups in total. The van der Waals surface area contributed by atoms with E-state index in [4.69, 9.17) is 10.2 Å². The summed E-state index contributed by atoms with van der Waals surface area (Å²) in [6.07, 6.45) is 0. The van der Waals surface area contributed by atoms with Gasteiger partial charge < -0.3 is 57.8 Å². The zero-order valence-electron chi connectivity index (χ0n) is 9.90. The Morgan fingerprint density at radius 3 is 0.913 bits per heavy atom. The van der Waals surface area contributed by atoms with E-state index < -0.39 is 41.6 Å². The first-order chi connectivity index (χ1) is 9.43. The van der Waals surface area contributed by atoms with Crippen molar-refractivity contribution in [3.63, 3.8) is 0 Å². The van der Waals surface area contributed by atoms with Gasteiger partial charge in [0, 0.05) is 21.1 Å². The fourth-order valence-electron chi connectivity index (χ4n) is 0.418. The van der Waals surface area contributed by atoms with Gasteiger partial charge in [-0.2, -0.15) is 0 Å². The molecule has 21 heteroatoms. The summed E-state index contributed by atoms with van der Waals surface area (Å²) >= 11 is 8.52. The van der Waals surface area contributed by atoms with E-state index >= 15 is 0 Å². The number of hydrogen-bond donors (Lipinski definition) is 2. The SMILES string of the molecule is O=P([O-])([O-])C(O)P(=O)([O-])OCl.O=P([O-])([O-])C(O)P(=O)([O-])OCl.[W]. The zero-order valence-corrected chi connectivity index (χ0v) is 17.9. The van der Waals surface area contributed by atoms with Crippen LogP contribution in [0.4, 0.5) is 0 Å². The van der Waals surface area contributed by atoms with Crippen LogP contribution in [0.2, 0.25) is 0 Å². The maximum atomic E-state index is 10.2. The van der Waals surface area contributed by atoms with Crippen molar-refractivity contribution in [2.24, 2.45) is 0 Å². The summed E-state index contributed by atoms with van der Waals surface area (Å²) in [5.74, 6) is 0. The van der Waals surface area contributed by atoms with Crippen molar-refractivity contribution in [2.45, 2.75) is 11.2 Å². The summed E-state index contributed by atoms with van der Waals surface area (Å²) in [7, 11) is -21.7. The fourth-order valence-corrected chi connectivity index (χ4v) is 4.40. The fraction of sp³-hybridized carbons (Fsp3) is 1.00. The molecule has 0 heterocycles. The van der Waals surface area contributed by atoms with Gasteiger partial charge in [-0.1, -0.05) is 0 Å². The van der Waals surface area contributed by atoms with Crippen molar-refractivity contribution in [2.75, 3.05) is 0 Å². The average molecular weight is 631 g/mol. The molecule has 0 aromatic carbocycles. The van der Waals surface area contributed by atoms with Crippen LogP contribution in [0.15, 0.2) is 0 Å². The molecule has 0 aliphatic carbocycles. The van der Waals surface area contributed by atoms with Crippen LogP contribution in [-0.4, -0.2) is 21.4 Å². The summed E-state index contributed by atoms with van der Waals surface area (Å²) in [6, 6.07) is 0. The third kappa shape index (κ3) is 11.2. The molecule has 0 aliphatic rings. The number of halogens is 2. The monoisotopic (exact) mass is 630 g/mol. The quantitative estimate of drug-likeness (QED) is 0.264. The summed E-state index contributed by atoms with van der Waals surface area (Å²) in [4.78, 5) is 59.8. The number of aliphatic hydroxyl groups is 2. The van der Waals surface area contributed by atoms with Crippen LogP contribution in [0.3, 0.4) is 0 Å². The predicted octanol–water partition coefficient (Wildman–Crippen LogP) is -4.20. The standard InChI is InChI=1S/2CH5ClO7P2.W/c2*2-9-11(7,8)1(3)10(4,5)6;/h2*1,3H,(H,7,8)(H2,4,5,6);/p-6. The van der Waals surface area contributed by atoms with Gasteiger partial charge in [0.25, 0.3) is 0 Å². The molecule has 23 heavy (non-hydrogen) atoms. The summed E-state index contributed by atoms with van der Waals surface area (Å²) in [6.45, 7) is 0. The molecule has 0 saturated carbocycles. The Morgan fingerprint density at radius 2 is 0.870 bits per heavy atom. The Balaban J connectivity index is -0.000000333. The molecule has 0 spiro atoms. The molecule has 0 aromatic heterocycles. The summed E-state index contributed by atoms with van der Waals surface area (Å²) in [5, 5.41) is 16.5. The molecule has 4 unspecified atom stereocenters. The summed E-state index contributed by atoms with van der Waals surface area (Å²) in [5.41, 5.74) is -6.26. The van der Waals surface area contributed by atoms with Gasteiger partial charge >= 0.3 is 0 Å². The van der Waals surface area contributed by atoms with Crippen molar-refractivity contribution in [1.82, 2.24) is 0 Å². The van der Waals surface area contributed by atoms with E-state index in [0.717, 1.165) is 0 Å². The molecule has 14 nitrogen and oxygen atoms in total. The van der Waals surface area contributed by atoms with E-state index in [1.807, 2.05) is 0 Å². The predicted molar refractivity (Wildman–Crippen MR) is 56.3 cm³/mol. The van der Waals surface area contributed by atoms with Gasteiger partial charge in [0.05, 0.1) is 23.7 Å². The van der Waals surface area contributed by atoms with Crippen LogP contribution in [-0.2, 0) is 47.5 Å². The first-order valence-corrected chi connectivity index (χ1v) is 11.1. The Labute approximate surface area is 152 Å². The Bertz CT molecular complexity index is 491. The van der Waals surface area contributed by atoms with Crippen LogP contribution < -0.4 is 29.4 Å². The third-order valence-corrected chi connectivity index (χ3v) is 8.52. The molecular formula is C2H4Cl2O14P4W-6. The van der Waals surface area contributed by atoms with Crippen LogP contribution >= 0.6 is 54.1 Å². The van der Waals surface area contributed by atoms with Crippen molar-refractivity contribution in [1.29, 1.82) is 0 Å². The molecule has 142 valence electrons. The van der Waals surface area contributed by atoms with Gasteiger partial charge in [-0.05, 0) is 15.2 Å². The van der Waals surface area contributed by atoms with Crippen molar-refractivity contribution in [3.8, 4) is 0 Å². The van der Waals surface area contributed by atoms with Gasteiger partial charge in [0.1, 0.15) is 11.2 Å². The van der Waals surface area contributed by atoms with Crippen LogP contribution in [0, 0.1) is 0 Å². The molecule has 0 rings (SSSR count). The third-order valence-electron chi connectivity index (χ3n) is 1.32. The average Bonchev–Trinajstić information content (AvgIpc) is 2.35. The second-order valence-electron chi connectivity index (χ2n) is 2.99. The molecule has 0 bridgehead atoms. The van der Waals surface area contributed by atoms with Gasteiger partial charge in [0.15, 0.2) is 15.2 Å². The maximum absolute atomic E-state index is 10.2. The van der Waals surface area contributed by atoms with Crippen molar-refractivity contribution in [3.05, 3.63) is 0 Å². The Kier molecular flexibility index (Phi) is 13.9. The largest absolute Gasteiger partial charge is 0.809 e. The number of aliphatic hydroxyl groups excluding tert-OH is 2. The Hall–Kier alpha value is 1.79. The van der Waals surface area contributed by atoms with Gasteiger partial charge in [-0.15, -0.1) is 0 Å². The van der Waals surface area contributed by atoms with Gasteiger partial charge in [-0.25, -0.2) is 8.15 Å². The maximum Gasteiger partial charge on any atom is 0.189 e. The minimum absolute atomic E-state index is 0. The van der Waals surface area contributed by atoms with Crippen LogP contribution in [0.25, 0.3) is 0 Å². The second kappa shape index (κ2) is 10.8. The van der Waals surface area contributed by atoms with Gasteiger partial charge in [-0.3, -0.25) is 0 Å². The van der Waals surface area contributed by atoms with E-state index in [0.29, 0.717) is 0 Å². The molecule has 0 fully saturated rings. The van der Waals surface area contributed by atoms with Crippen molar-refractivity contribution >= 4 is 54.1 Å². The number of rotatable bonds is 6. The normalized spacial score (nSPS) is 19.9.